The molecule has 0 aliphatic heterocycles. The average molecular weight is 275 g/mol. The highest BCUT2D eigenvalue weighted by Gasteiger charge is 2.06. The molecule has 2 N–H and O–H groups in total. The van der Waals surface area contributed by atoms with Crippen LogP contribution in [0.3, 0.4) is 0 Å². The smallest absolute Gasteiger partial charge is 0.0295 e. The first-order valence-corrected chi connectivity index (χ1v) is 8.47. The van der Waals surface area contributed by atoms with Gasteiger partial charge in [-0.15, -0.1) is 0 Å². The van der Waals surface area contributed by atoms with E-state index in [4.69, 9.17) is 5.73 Å². The summed E-state index contributed by atoms with van der Waals surface area (Å²) in [4.78, 5) is 0. The molecule has 1 atom stereocenters. The van der Waals surface area contributed by atoms with Crippen LogP contribution in [0.15, 0.2) is 18.2 Å². The van der Waals surface area contributed by atoms with Crippen molar-refractivity contribution in [1.29, 1.82) is 0 Å². The molecule has 0 bridgehead atoms. The molecule has 0 saturated heterocycles. The predicted octanol–water partition coefficient (Wildman–Crippen LogP) is 5.83. The van der Waals surface area contributed by atoms with E-state index in [1.165, 1.54) is 68.1 Å². The topological polar surface area (TPSA) is 26.0 Å². The summed E-state index contributed by atoms with van der Waals surface area (Å²) in [5.41, 5.74) is 10.3. The SMILES string of the molecule is CCCCCCCCCCC(N)c1cc(C)cc(C)c1. The van der Waals surface area contributed by atoms with E-state index in [0.717, 1.165) is 6.42 Å². The van der Waals surface area contributed by atoms with Crippen LogP contribution >= 0.6 is 0 Å². The quantitative estimate of drug-likeness (QED) is 0.534. The average Bonchev–Trinajstić information content (AvgIpc) is 2.40. The summed E-state index contributed by atoms with van der Waals surface area (Å²) in [6.45, 7) is 6.58. The Hall–Kier alpha value is -0.820. The number of benzene rings is 1. The summed E-state index contributed by atoms with van der Waals surface area (Å²) in [6, 6.07) is 6.91. The van der Waals surface area contributed by atoms with Gasteiger partial charge in [0.15, 0.2) is 0 Å². The Balaban J connectivity index is 2.15. The minimum Gasteiger partial charge on any atom is -0.324 e. The van der Waals surface area contributed by atoms with Gasteiger partial charge in [-0.1, -0.05) is 87.6 Å². The molecular formula is C19H33N. The van der Waals surface area contributed by atoms with Crippen molar-refractivity contribution in [3.05, 3.63) is 34.9 Å². The van der Waals surface area contributed by atoms with Crippen LogP contribution < -0.4 is 5.73 Å². The normalized spacial score (nSPS) is 12.6. The molecular weight excluding hydrogens is 242 g/mol. The molecule has 0 aromatic heterocycles. The third kappa shape index (κ3) is 7.09. The Morgan fingerprint density at radius 1 is 0.800 bits per heavy atom. The molecule has 1 aromatic carbocycles. The van der Waals surface area contributed by atoms with E-state index in [0.29, 0.717) is 0 Å². The van der Waals surface area contributed by atoms with Gasteiger partial charge in [0.05, 0.1) is 0 Å². The van der Waals surface area contributed by atoms with Crippen LogP contribution in [0.25, 0.3) is 0 Å². The lowest BCUT2D eigenvalue weighted by molar-refractivity contribution is 0.536. The van der Waals surface area contributed by atoms with Gasteiger partial charge in [-0.3, -0.25) is 0 Å². The van der Waals surface area contributed by atoms with Crippen LogP contribution in [0.5, 0.6) is 0 Å². The van der Waals surface area contributed by atoms with Crippen molar-refractivity contribution < 1.29 is 0 Å². The van der Waals surface area contributed by atoms with Gasteiger partial charge in [-0.2, -0.15) is 0 Å². The summed E-state index contributed by atoms with van der Waals surface area (Å²) in [6.07, 6.45) is 12.1. The van der Waals surface area contributed by atoms with Gasteiger partial charge in [0.1, 0.15) is 0 Å². The summed E-state index contributed by atoms with van der Waals surface area (Å²) in [7, 11) is 0. The van der Waals surface area contributed by atoms with Crippen LogP contribution in [-0.2, 0) is 0 Å². The molecule has 0 amide bonds. The van der Waals surface area contributed by atoms with E-state index < -0.39 is 0 Å². The van der Waals surface area contributed by atoms with Gasteiger partial charge >= 0.3 is 0 Å². The Morgan fingerprint density at radius 2 is 1.30 bits per heavy atom. The summed E-state index contributed by atoms with van der Waals surface area (Å²) in [5, 5.41) is 0. The molecule has 114 valence electrons. The molecule has 1 nitrogen and oxygen atoms in total. The first kappa shape index (κ1) is 17.2. The zero-order valence-corrected chi connectivity index (χ0v) is 13.8. The molecule has 1 aromatic rings. The molecule has 0 radical (unpaired) electrons. The molecule has 1 rings (SSSR count). The minimum absolute atomic E-state index is 0.216. The largest absolute Gasteiger partial charge is 0.324 e. The number of aryl methyl sites for hydroxylation is 2. The van der Waals surface area contributed by atoms with Crippen molar-refractivity contribution >= 4 is 0 Å². The van der Waals surface area contributed by atoms with Crippen LogP contribution in [0.1, 0.15) is 87.4 Å². The van der Waals surface area contributed by atoms with Crippen molar-refractivity contribution in [2.75, 3.05) is 0 Å². The fraction of sp³-hybridized carbons (Fsp3) is 0.684. The Kier molecular flexibility index (Phi) is 8.60. The van der Waals surface area contributed by atoms with E-state index in [1.807, 2.05) is 0 Å². The van der Waals surface area contributed by atoms with Gasteiger partial charge in [-0.05, 0) is 25.8 Å². The molecule has 1 unspecified atom stereocenters. The van der Waals surface area contributed by atoms with Crippen LogP contribution in [0.4, 0.5) is 0 Å². The van der Waals surface area contributed by atoms with Gasteiger partial charge in [-0.25, -0.2) is 0 Å². The van der Waals surface area contributed by atoms with Crippen LogP contribution in [-0.4, -0.2) is 0 Å². The first-order chi connectivity index (χ1) is 9.63. The predicted molar refractivity (Wildman–Crippen MR) is 90.1 cm³/mol. The van der Waals surface area contributed by atoms with Crippen molar-refractivity contribution in [2.45, 2.75) is 84.6 Å². The lowest BCUT2D eigenvalue weighted by atomic mass is 9.97. The second-order valence-electron chi connectivity index (χ2n) is 6.29. The van der Waals surface area contributed by atoms with Gasteiger partial charge in [0.25, 0.3) is 0 Å². The van der Waals surface area contributed by atoms with E-state index in [-0.39, 0.29) is 6.04 Å². The zero-order valence-electron chi connectivity index (χ0n) is 13.8. The van der Waals surface area contributed by atoms with Crippen LogP contribution in [0, 0.1) is 13.8 Å². The Morgan fingerprint density at radius 3 is 1.85 bits per heavy atom. The highest BCUT2D eigenvalue weighted by molar-refractivity contribution is 5.30. The van der Waals surface area contributed by atoms with Gasteiger partial charge in [0, 0.05) is 6.04 Å². The maximum Gasteiger partial charge on any atom is 0.0295 e. The number of nitrogens with two attached hydrogens (primary N) is 1. The summed E-state index contributed by atoms with van der Waals surface area (Å²) >= 11 is 0. The zero-order chi connectivity index (χ0) is 14.8. The maximum absolute atomic E-state index is 6.31. The second-order valence-corrected chi connectivity index (χ2v) is 6.29. The maximum atomic E-state index is 6.31. The lowest BCUT2D eigenvalue weighted by Crippen LogP contribution is -2.10. The number of hydrogen-bond acceptors (Lipinski definition) is 1. The van der Waals surface area contributed by atoms with Crippen molar-refractivity contribution in [1.82, 2.24) is 0 Å². The molecule has 0 saturated carbocycles. The highest BCUT2D eigenvalue weighted by atomic mass is 14.6. The van der Waals surface area contributed by atoms with Crippen molar-refractivity contribution in [3.8, 4) is 0 Å². The number of unbranched alkanes of at least 4 members (excludes halogenated alkanes) is 7. The van der Waals surface area contributed by atoms with E-state index in [1.54, 1.807) is 0 Å². The third-order valence-electron chi connectivity index (χ3n) is 4.04. The van der Waals surface area contributed by atoms with Crippen LogP contribution in [0.2, 0.25) is 0 Å². The summed E-state index contributed by atoms with van der Waals surface area (Å²) < 4.78 is 0. The molecule has 0 aliphatic rings. The number of rotatable bonds is 10. The molecule has 0 fully saturated rings. The fourth-order valence-electron chi connectivity index (χ4n) is 2.89. The van der Waals surface area contributed by atoms with Crippen molar-refractivity contribution in [3.63, 3.8) is 0 Å². The first-order valence-electron chi connectivity index (χ1n) is 8.47. The van der Waals surface area contributed by atoms with E-state index in [2.05, 4.69) is 39.0 Å². The standard InChI is InChI=1S/C19H33N/c1-4-5-6-7-8-9-10-11-12-19(20)18-14-16(2)13-17(3)15-18/h13-15,19H,4-12,20H2,1-3H3. The summed E-state index contributed by atoms with van der Waals surface area (Å²) in [5.74, 6) is 0. The monoisotopic (exact) mass is 275 g/mol. The molecule has 0 heterocycles. The van der Waals surface area contributed by atoms with Gasteiger partial charge < -0.3 is 5.73 Å². The van der Waals surface area contributed by atoms with Gasteiger partial charge in [0.2, 0.25) is 0 Å². The molecule has 1 heteroatoms. The molecule has 20 heavy (non-hydrogen) atoms. The van der Waals surface area contributed by atoms with E-state index in [9.17, 15) is 0 Å². The minimum atomic E-state index is 0.216. The Bertz CT molecular complexity index is 350. The van der Waals surface area contributed by atoms with Crippen molar-refractivity contribution in [2.24, 2.45) is 5.73 Å². The molecule has 0 aliphatic carbocycles. The van der Waals surface area contributed by atoms with E-state index >= 15 is 0 Å². The third-order valence-corrected chi connectivity index (χ3v) is 4.04. The Labute approximate surface area is 126 Å². The fourth-order valence-corrected chi connectivity index (χ4v) is 2.89. The molecule has 0 spiro atoms. The lowest BCUT2D eigenvalue weighted by Gasteiger charge is -2.13. The highest BCUT2D eigenvalue weighted by Crippen LogP contribution is 2.20. The second kappa shape index (κ2) is 9.99. The number of hydrogen-bond donors (Lipinski definition) is 1.